The van der Waals surface area contributed by atoms with E-state index >= 15 is 0 Å². The van der Waals surface area contributed by atoms with Gasteiger partial charge in [0.2, 0.25) is 0 Å². The predicted octanol–water partition coefficient (Wildman–Crippen LogP) is 5.11. The summed E-state index contributed by atoms with van der Waals surface area (Å²) in [6.45, 7) is 8.15. The van der Waals surface area contributed by atoms with Crippen molar-refractivity contribution in [2.24, 2.45) is 0 Å². The third-order valence-corrected chi connectivity index (χ3v) is 2.32. The van der Waals surface area contributed by atoms with Crippen LogP contribution in [0, 0.1) is 12.8 Å². The molecule has 82 valence electrons. The Morgan fingerprint density at radius 2 is 1.50 bits per heavy atom. The topological polar surface area (TPSA) is 0 Å². The number of hydrogen-bond donors (Lipinski definition) is 0. The first-order valence-corrected chi connectivity index (χ1v) is 6.03. The molecule has 0 aliphatic heterocycles. The van der Waals surface area contributed by atoms with E-state index in [4.69, 9.17) is 0 Å². The SMILES string of the molecule is [CH2]CCCCCCCCC=C[C](C)C. The van der Waals surface area contributed by atoms with Gasteiger partial charge in [-0.2, -0.15) is 0 Å². The van der Waals surface area contributed by atoms with Crippen LogP contribution < -0.4 is 0 Å². The Hall–Kier alpha value is -0.260. The minimum atomic E-state index is 1.11. The van der Waals surface area contributed by atoms with Crippen LogP contribution in [-0.2, 0) is 0 Å². The molecule has 0 saturated heterocycles. The molecule has 0 bridgehead atoms. The van der Waals surface area contributed by atoms with Crippen LogP contribution in [0.5, 0.6) is 0 Å². The Kier molecular flexibility index (Phi) is 10.6. The van der Waals surface area contributed by atoms with Gasteiger partial charge >= 0.3 is 0 Å². The van der Waals surface area contributed by atoms with Crippen molar-refractivity contribution in [3.63, 3.8) is 0 Å². The van der Waals surface area contributed by atoms with Crippen molar-refractivity contribution in [2.75, 3.05) is 0 Å². The smallest absolute Gasteiger partial charge is 0.00892 e. The lowest BCUT2D eigenvalue weighted by Crippen LogP contribution is -1.79. The molecule has 0 fully saturated rings. The van der Waals surface area contributed by atoms with Crippen molar-refractivity contribution < 1.29 is 0 Å². The van der Waals surface area contributed by atoms with E-state index in [9.17, 15) is 0 Å². The van der Waals surface area contributed by atoms with Gasteiger partial charge in [0.25, 0.3) is 0 Å². The van der Waals surface area contributed by atoms with Gasteiger partial charge in [-0.25, -0.2) is 0 Å². The molecule has 0 nitrogen and oxygen atoms in total. The van der Waals surface area contributed by atoms with Crippen LogP contribution in [0.2, 0.25) is 0 Å². The Morgan fingerprint density at radius 1 is 0.929 bits per heavy atom. The molecule has 0 unspecified atom stereocenters. The van der Waals surface area contributed by atoms with E-state index in [1.54, 1.807) is 0 Å². The van der Waals surface area contributed by atoms with Crippen LogP contribution in [0.1, 0.15) is 65.2 Å². The second-order valence-electron chi connectivity index (χ2n) is 4.24. The average Bonchev–Trinajstić information content (AvgIpc) is 2.15. The van der Waals surface area contributed by atoms with Gasteiger partial charge in [-0.15, -0.1) is 0 Å². The fourth-order valence-corrected chi connectivity index (χ4v) is 1.47. The molecule has 0 amide bonds. The largest absolute Gasteiger partial charge is 0.0880 e. The lowest BCUT2D eigenvalue weighted by Gasteiger charge is -1.99. The Morgan fingerprint density at radius 3 is 2.07 bits per heavy atom. The highest BCUT2D eigenvalue weighted by Gasteiger charge is 1.89. The molecule has 0 N–H and O–H groups in total. The van der Waals surface area contributed by atoms with Crippen molar-refractivity contribution in [3.05, 3.63) is 25.0 Å². The van der Waals surface area contributed by atoms with Crippen molar-refractivity contribution in [2.45, 2.75) is 65.2 Å². The van der Waals surface area contributed by atoms with E-state index in [0.29, 0.717) is 0 Å². The standard InChI is InChI=1S/C14H26/c1-4-5-6-7-8-9-10-11-12-13-14(2)3/h12-13H,1,4-11H2,2-3H3. The Bertz CT molecular complexity index is 122. The van der Waals surface area contributed by atoms with Crippen LogP contribution >= 0.6 is 0 Å². The molecule has 0 aliphatic carbocycles. The van der Waals surface area contributed by atoms with Crippen LogP contribution in [-0.4, -0.2) is 0 Å². The van der Waals surface area contributed by atoms with Crippen LogP contribution in [0.3, 0.4) is 0 Å². The van der Waals surface area contributed by atoms with E-state index in [-0.39, 0.29) is 0 Å². The summed E-state index contributed by atoms with van der Waals surface area (Å²) < 4.78 is 0. The molecule has 0 saturated carbocycles. The van der Waals surface area contributed by atoms with Gasteiger partial charge in [-0.3, -0.25) is 0 Å². The van der Waals surface area contributed by atoms with Gasteiger partial charge in [-0.1, -0.05) is 71.4 Å². The van der Waals surface area contributed by atoms with Crippen LogP contribution in [0.4, 0.5) is 0 Å². The summed E-state index contributed by atoms with van der Waals surface area (Å²) in [6, 6.07) is 0. The maximum atomic E-state index is 3.85. The number of hydrogen-bond acceptors (Lipinski definition) is 0. The summed E-state index contributed by atoms with van der Waals surface area (Å²) in [5.74, 6) is 1.40. The fraction of sp³-hybridized carbons (Fsp3) is 0.714. The highest BCUT2D eigenvalue weighted by molar-refractivity contribution is 5.02. The van der Waals surface area contributed by atoms with Gasteiger partial charge in [0.1, 0.15) is 0 Å². The molecule has 2 radical (unpaired) electrons. The van der Waals surface area contributed by atoms with E-state index < -0.39 is 0 Å². The molecule has 0 atom stereocenters. The number of allylic oxidation sites excluding steroid dienone is 2. The number of unbranched alkanes of at least 4 members (excludes halogenated alkanes) is 7. The van der Waals surface area contributed by atoms with Crippen molar-refractivity contribution >= 4 is 0 Å². The summed E-state index contributed by atoms with van der Waals surface area (Å²) in [7, 11) is 0. The first kappa shape index (κ1) is 13.7. The number of rotatable bonds is 9. The normalized spacial score (nSPS) is 11.7. The molecule has 0 aromatic rings. The molecular weight excluding hydrogens is 168 g/mol. The lowest BCUT2D eigenvalue weighted by atomic mass is 10.1. The summed E-state index contributed by atoms with van der Waals surface area (Å²) in [6.07, 6.45) is 15.1. The molecule has 0 spiro atoms. The van der Waals surface area contributed by atoms with Crippen molar-refractivity contribution in [1.82, 2.24) is 0 Å². The maximum absolute atomic E-state index is 3.85. The van der Waals surface area contributed by atoms with E-state index in [1.165, 1.54) is 50.9 Å². The summed E-state index contributed by atoms with van der Waals surface area (Å²) >= 11 is 0. The zero-order valence-electron chi connectivity index (χ0n) is 10.0. The lowest BCUT2D eigenvalue weighted by molar-refractivity contribution is 0.599. The molecule has 0 heteroatoms. The summed E-state index contributed by atoms with van der Waals surface area (Å²) in [4.78, 5) is 0. The zero-order valence-corrected chi connectivity index (χ0v) is 10.0. The third-order valence-electron chi connectivity index (χ3n) is 2.32. The highest BCUT2D eigenvalue weighted by atomic mass is 14.0. The van der Waals surface area contributed by atoms with E-state index in [1.807, 2.05) is 0 Å². The minimum Gasteiger partial charge on any atom is -0.0880 e. The quantitative estimate of drug-likeness (QED) is 0.447. The first-order chi connectivity index (χ1) is 6.77. The maximum Gasteiger partial charge on any atom is -0.00892 e. The second-order valence-corrected chi connectivity index (χ2v) is 4.24. The second kappa shape index (κ2) is 10.8. The molecule has 0 rings (SSSR count). The molecule has 14 heavy (non-hydrogen) atoms. The Labute approximate surface area is 90.8 Å². The highest BCUT2D eigenvalue weighted by Crippen LogP contribution is 2.09. The predicted molar refractivity (Wildman–Crippen MR) is 66.0 cm³/mol. The van der Waals surface area contributed by atoms with Gasteiger partial charge in [-0.05, 0) is 18.8 Å². The average molecular weight is 194 g/mol. The minimum absolute atomic E-state index is 1.11. The molecule has 0 heterocycles. The van der Waals surface area contributed by atoms with Crippen molar-refractivity contribution in [1.29, 1.82) is 0 Å². The monoisotopic (exact) mass is 194 g/mol. The van der Waals surface area contributed by atoms with E-state index in [0.717, 1.165) is 6.42 Å². The van der Waals surface area contributed by atoms with E-state index in [2.05, 4.69) is 32.9 Å². The van der Waals surface area contributed by atoms with Gasteiger partial charge in [0.05, 0.1) is 0 Å². The first-order valence-electron chi connectivity index (χ1n) is 6.03. The van der Waals surface area contributed by atoms with Gasteiger partial charge in [0.15, 0.2) is 0 Å². The van der Waals surface area contributed by atoms with Crippen LogP contribution in [0.15, 0.2) is 12.2 Å². The van der Waals surface area contributed by atoms with Crippen LogP contribution in [0.25, 0.3) is 0 Å². The molecule has 0 aliphatic rings. The molecule has 0 aromatic carbocycles. The molecular formula is C14H26. The zero-order chi connectivity index (χ0) is 10.6. The summed E-state index contributed by atoms with van der Waals surface area (Å²) in [5.41, 5.74) is 0. The third kappa shape index (κ3) is 11.7. The van der Waals surface area contributed by atoms with Gasteiger partial charge in [0, 0.05) is 0 Å². The molecule has 0 aromatic heterocycles. The Balaban J connectivity index is 2.99. The van der Waals surface area contributed by atoms with Gasteiger partial charge < -0.3 is 0 Å². The fourth-order valence-electron chi connectivity index (χ4n) is 1.47. The van der Waals surface area contributed by atoms with Crippen molar-refractivity contribution in [3.8, 4) is 0 Å². The summed E-state index contributed by atoms with van der Waals surface area (Å²) in [5, 5.41) is 0.